The van der Waals surface area contributed by atoms with Crippen molar-refractivity contribution in [2.75, 3.05) is 31.3 Å². The molecule has 1 unspecified atom stereocenters. The first-order valence-electron chi connectivity index (χ1n) is 6.00. The number of hydrogen-bond donors (Lipinski definition) is 1. The predicted octanol–water partition coefficient (Wildman–Crippen LogP) is 2.47. The van der Waals surface area contributed by atoms with Crippen molar-refractivity contribution in [3.05, 3.63) is 0 Å². The summed E-state index contributed by atoms with van der Waals surface area (Å²) < 4.78 is 1.05. The van der Waals surface area contributed by atoms with Gasteiger partial charge in [-0.1, -0.05) is 36.4 Å². The van der Waals surface area contributed by atoms with Gasteiger partial charge in [-0.15, -0.1) is 10.2 Å². The zero-order chi connectivity index (χ0) is 12.7. The maximum atomic E-state index is 4.15. The SMILES string of the molecule is CCCC(C)NCCSc1nnc(N(C)C)s1. The Labute approximate surface area is 112 Å². The lowest BCUT2D eigenvalue weighted by molar-refractivity contribution is 0.526. The molecule has 0 spiro atoms. The van der Waals surface area contributed by atoms with Crippen LogP contribution in [0.25, 0.3) is 0 Å². The van der Waals surface area contributed by atoms with Crippen molar-refractivity contribution in [3.8, 4) is 0 Å². The first-order chi connectivity index (χ1) is 8.13. The number of anilines is 1. The van der Waals surface area contributed by atoms with Gasteiger partial charge in [-0.2, -0.15) is 0 Å². The van der Waals surface area contributed by atoms with Gasteiger partial charge in [-0.05, 0) is 13.3 Å². The lowest BCUT2D eigenvalue weighted by atomic mass is 10.2. The maximum Gasteiger partial charge on any atom is 0.208 e. The van der Waals surface area contributed by atoms with E-state index in [2.05, 4.69) is 29.4 Å². The summed E-state index contributed by atoms with van der Waals surface area (Å²) in [6.45, 7) is 5.49. The van der Waals surface area contributed by atoms with E-state index in [4.69, 9.17) is 0 Å². The second kappa shape index (κ2) is 7.89. The van der Waals surface area contributed by atoms with Gasteiger partial charge in [0.2, 0.25) is 5.13 Å². The van der Waals surface area contributed by atoms with Crippen molar-refractivity contribution in [2.45, 2.75) is 37.1 Å². The molecule has 1 aromatic rings. The average Bonchev–Trinajstić information content (AvgIpc) is 2.73. The zero-order valence-corrected chi connectivity index (χ0v) is 12.7. The quantitative estimate of drug-likeness (QED) is 0.582. The molecule has 1 rings (SSSR count). The molecule has 0 saturated heterocycles. The fraction of sp³-hybridized carbons (Fsp3) is 0.818. The molecule has 0 aromatic carbocycles. The molecule has 98 valence electrons. The molecule has 4 nitrogen and oxygen atoms in total. The van der Waals surface area contributed by atoms with Gasteiger partial charge in [-0.3, -0.25) is 0 Å². The molecule has 17 heavy (non-hydrogen) atoms. The minimum Gasteiger partial charge on any atom is -0.353 e. The first kappa shape index (κ1) is 14.7. The number of nitrogens with zero attached hydrogens (tertiary/aromatic N) is 3. The molecular weight excluding hydrogens is 252 g/mol. The molecule has 0 aliphatic heterocycles. The van der Waals surface area contributed by atoms with E-state index in [1.807, 2.05) is 19.0 Å². The summed E-state index contributed by atoms with van der Waals surface area (Å²) in [5.41, 5.74) is 0. The van der Waals surface area contributed by atoms with Crippen molar-refractivity contribution < 1.29 is 0 Å². The largest absolute Gasteiger partial charge is 0.353 e. The maximum absolute atomic E-state index is 4.15. The van der Waals surface area contributed by atoms with Gasteiger partial charge in [-0.25, -0.2) is 0 Å². The standard InChI is InChI=1S/C11H22N4S2/c1-5-6-9(2)12-7-8-16-11-14-13-10(17-11)15(3)4/h9,12H,5-8H2,1-4H3. The average molecular weight is 274 g/mol. The number of hydrogen-bond acceptors (Lipinski definition) is 6. The van der Waals surface area contributed by atoms with Crippen molar-refractivity contribution in [2.24, 2.45) is 0 Å². The minimum absolute atomic E-state index is 0.618. The van der Waals surface area contributed by atoms with Crippen LogP contribution in [0, 0.1) is 0 Å². The van der Waals surface area contributed by atoms with E-state index in [0.717, 1.165) is 21.8 Å². The summed E-state index contributed by atoms with van der Waals surface area (Å²) in [7, 11) is 3.98. The topological polar surface area (TPSA) is 41.1 Å². The molecule has 1 atom stereocenters. The summed E-state index contributed by atoms with van der Waals surface area (Å²) in [5.74, 6) is 1.05. The highest BCUT2D eigenvalue weighted by Crippen LogP contribution is 2.26. The van der Waals surface area contributed by atoms with Crippen molar-refractivity contribution in [3.63, 3.8) is 0 Å². The van der Waals surface area contributed by atoms with E-state index in [1.54, 1.807) is 23.1 Å². The van der Waals surface area contributed by atoms with Gasteiger partial charge in [0.25, 0.3) is 0 Å². The van der Waals surface area contributed by atoms with Crippen LogP contribution in [0.5, 0.6) is 0 Å². The third-order valence-corrected chi connectivity index (χ3v) is 4.55. The van der Waals surface area contributed by atoms with E-state index in [1.165, 1.54) is 12.8 Å². The lowest BCUT2D eigenvalue weighted by Crippen LogP contribution is -2.27. The van der Waals surface area contributed by atoms with Gasteiger partial charge in [0.05, 0.1) is 0 Å². The Morgan fingerprint density at radius 1 is 1.41 bits per heavy atom. The van der Waals surface area contributed by atoms with E-state index in [0.29, 0.717) is 6.04 Å². The number of aromatic nitrogens is 2. The third kappa shape index (κ3) is 5.70. The first-order valence-corrected chi connectivity index (χ1v) is 7.80. The summed E-state index contributed by atoms with van der Waals surface area (Å²) >= 11 is 3.42. The predicted molar refractivity (Wildman–Crippen MR) is 77.3 cm³/mol. The summed E-state index contributed by atoms with van der Waals surface area (Å²) in [6.07, 6.45) is 2.48. The second-order valence-corrected chi connectivity index (χ2v) is 6.54. The molecule has 0 aliphatic rings. The van der Waals surface area contributed by atoms with Crippen LogP contribution in [-0.2, 0) is 0 Å². The zero-order valence-electron chi connectivity index (χ0n) is 11.1. The summed E-state index contributed by atoms with van der Waals surface area (Å²) in [5, 5.41) is 12.7. The van der Waals surface area contributed by atoms with Crippen LogP contribution in [0.4, 0.5) is 5.13 Å². The third-order valence-electron chi connectivity index (χ3n) is 2.32. The molecule has 1 aromatic heterocycles. The number of thioether (sulfide) groups is 1. The number of rotatable bonds is 8. The molecule has 0 aliphatic carbocycles. The molecule has 1 heterocycles. The highest BCUT2D eigenvalue weighted by molar-refractivity contribution is 8.01. The molecule has 1 N–H and O–H groups in total. The van der Waals surface area contributed by atoms with Gasteiger partial charge in [0, 0.05) is 32.4 Å². The molecule has 0 amide bonds. The second-order valence-electron chi connectivity index (χ2n) is 4.24. The number of nitrogens with one attached hydrogen (secondary N) is 1. The Balaban J connectivity index is 2.17. The molecule has 0 saturated carbocycles. The van der Waals surface area contributed by atoms with Gasteiger partial charge in [0.1, 0.15) is 0 Å². The molecular formula is C11H22N4S2. The van der Waals surface area contributed by atoms with Crippen molar-refractivity contribution >= 4 is 28.2 Å². The Morgan fingerprint density at radius 3 is 2.76 bits per heavy atom. The Bertz CT molecular complexity index is 314. The van der Waals surface area contributed by atoms with Crippen LogP contribution < -0.4 is 10.2 Å². The normalized spacial score (nSPS) is 12.7. The van der Waals surface area contributed by atoms with E-state index >= 15 is 0 Å². The highest BCUT2D eigenvalue weighted by atomic mass is 32.2. The summed E-state index contributed by atoms with van der Waals surface area (Å²) in [4.78, 5) is 1.99. The van der Waals surface area contributed by atoms with Crippen LogP contribution in [0.1, 0.15) is 26.7 Å². The van der Waals surface area contributed by atoms with E-state index < -0.39 is 0 Å². The molecule has 0 bridgehead atoms. The molecule has 0 fully saturated rings. The molecule has 0 radical (unpaired) electrons. The van der Waals surface area contributed by atoms with Gasteiger partial charge < -0.3 is 10.2 Å². The molecule has 6 heteroatoms. The Hall–Kier alpha value is -0.330. The van der Waals surface area contributed by atoms with E-state index in [9.17, 15) is 0 Å². The Kier molecular flexibility index (Phi) is 6.84. The van der Waals surface area contributed by atoms with E-state index in [-0.39, 0.29) is 0 Å². The van der Waals surface area contributed by atoms with Crippen LogP contribution in [0.2, 0.25) is 0 Å². The van der Waals surface area contributed by atoms with Crippen molar-refractivity contribution in [1.82, 2.24) is 15.5 Å². The van der Waals surface area contributed by atoms with Gasteiger partial charge >= 0.3 is 0 Å². The Morgan fingerprint density at radius 2 is 2.18 bits per heavy atom. The highest BCUT2D eigenvalue weighted by Gasteiger charge is 2.06. The fourth-order valence-corrected chi connectivity index (χ4v) is 3.12. The van der Waals surface area contributed by atoms with Gasteiger partial charge in [0.15, 0.2) is 4.34 Å². The smallest absolute Gasteiger partial charge is 0.208 e. The lowest BCUT2D eigenvalue weighted by Gasteiger charge is -2.11. The van der Waals surface area contributed by atoms with Crippen LogP contribution in [0.15, 0.2) is 4.34 Å². The monoisotopic (exact) mass is 274 g/mol. The minimum atomic E-state index is 0.618. The van der Waals surface area contributed by atoms with Crippen LogP contribution >= 0.6 is 23.1 Å². The summed E-state index contributed by atoms with van der Waals surface area (Å²) in [6, 6.07) is 0.618. The fourth-order valence-electron chi connectivity index (χ4n) is 1.42. The van der Waals surface area contributed by atoms with Crippen molar-refractivity contribution in [1.29, 1.82) is 0 Å². The van der Waals surface area contributed by atoms with Crippen LogP contribution in [-0.4, -0.2) is 42.6 Å². The van der Waals surface area contributed by atoms with Crippen LogP contribution in [0.3, 0.4) is 0 Å².